The highest BCUT2D eigenvalue weighted by molar-refractivity contribution is 5.40. The fourth-order valence-electron chi connectivity index (χ4n) is 1.72. The molecule has 0 fully saturated rings. The van der Waals surface area contributed by atoms with E-state index in [1.165, 1.54) is 5.56 Å². The van der Waals surface area contributed by atoms with Crippen LogP contribution in [0.3, 0.4) is 0 Å². The number of hydrogen-bond acceptors (Lipinski definition) is 3. The van der Waals surface area contributed by atoms with E-state index in [1.807, 2.05) is 26.8 Å². The number of phenols is 1. The van der Waals surface area contributed by atoms with Crippen molar-refractivity contribution >= 4 is 0 Å². The molecule has 0 unspecified atom stereocenters. The lowest BCUT2D eigenvalue weighted by Crippen LogP contribution is -2.26. The topological polar surface area (TPSA) is 43.7 Å². The summed E-state index contributed by atoms with van der Waals surface area (Å²) in [5, 5.41) is 18.7. The van der Waals surface area contributed by atoms with Crippen LogP contribution < -0.4 is 0 Å². The van der Waals surface area contributed by atoms with Gasteiger partial charge >= 0.3 is 0 Å². The standard InChI is InChI=1S/C13H21NO2/c1-4-14(5-6-15)9-12-7-10(2)11(3)8-13(12)16/h7-8,15-16H,4-6,9H2,1-3H3. The lowest BCUT2D eigenvalue weighted by atomic mass is 10.0. The maximum Gasteiger partial charge on any atom is 0.120 e. The summed E-state index contributed by atoms with van der Waals surface area (Å²) in [4.78, 5) is 2.10. The number of phenolic OH excluding ortho intramolecular Hbond substituents is 1. The van der Waals surface area contributed by atoms with E-state index >= 15 is 0 Å². The maximum absolute atomic E-state index is 9.84. The van der Waals surface area contributed by atoms with E-state index in [-0.39, 0.29) is 6.61 Å². The molecule has 0 aliphatic heterocycles. The lowest BCUT2D eigenvalue weighted by molar-refractivity contribution is 0.195. The van der Waals surface area contributed by atoms with Crippen LogP contribution in [0.4, 0.5) is 0 Å². The van der Waals surface area contributed by atoms with Crippen molar-refractivity contribution in [2.24, 2.45) is 0 Å². The van der Waals surface area contributed by atoms with Gasteiger partial charge in [0, 0.05) is 18.7 Å². The fraction of sp³-hybridized carbons (Fsp3) is 0.538. The van der Waals surface area contributed by atoms with Gasteiger partial charge in [0.1, 0.15) is 5.75 Å². The Morgan fingerprint density at radius 1 is 1.19 bits per heavy atom. The second-order valence-electron chi connectivity index (χ2n) is 4.16. The van der Waals surface area contributed by atoms with Gasteiger partial charge in [0.15, 0.2) is 0 Å². The molecule has 3 heteroatoms. The molecule has 0 heterocycles. The summed E-state index contributed by atoms with van der Waals surface area (Å²) in [6.45, 7) is 8.43. The molecule has 3 nitrogen and oxygen atoms in total. The first-order chi connectivity index (χ1) is 7.58. The Morgan fingerprint density at radius 3 is 2.38 bits per heavy atom. The van der Waals surface area contributed by atoms with E-state index < -0.39 is 0 Å². The van der Waals surface area contributed by atoms with Crippen molar-refractivity contribution in [1.29, 1.82) is 0 Å². The zero-order chi connectivity index (χ0) is 12.1. The van der Waals surface area contributed by atoms with Gasteiger partial charge in [-0.25, -0.2) is 0 Å². The molecule has 0 saturated heterocycles. The average molecular weight is 223 g/mol. The number of aryl methyl sites for hydroxylation is 2. The Morgan fingerprint density at radius 2 is 1.81 bits per heavy atom. The van der Waals surface area contributed by atoms with Gasteiger partial charge in [-0.15, -0.1) is 0 Å². The molecule has 0 amide bonds. The van der Waals surface area contributed by atoms with E-state index in [2.05, 4.69) is 4.90 Å². The van der Waals surface area contributed by atoms with Gasteiger partial charge < -0.3 is 10.2 Å². The van der Waals surface area contributed by atoms with E-state index in [9.17, 15) is 5.11 Å². The third-order valence-corrected chi connectivity index (χ3v) is 2.95. The van der Waals surface area contributed by atoms with Crippen LogP contribution in [-0.4, -0.2) is 34.8 Å². The van der Waals surface area contributed by atoms with Crippen LogP contribution >= 0.6 is 0 Å². The van der Waals surface area contributed by atoms with Crippen LogP contribution in [0.25, 0.3) is 0 Å². The molecule has 0 aliphatic rings. The van der Waals surface area contributed by atoms with Crippen molar-refractivity contribution < 1.29 is 10.2 Å². The number of rotatable bonds is 5. The maximum atomic E-state index is 9.84. The van der Waals surface area contributed by atoms with Gasteiger partial charge in [-0.3, -0.25) is 4.90 Å². The number of aliphatic hydroxyl groups is 1. The summed E-state index contributed by atoms with van der Waals surface area (Å²) in [5.74, 6) is 0.347. The first-order valence-electron chi connectivity index (χ1n) is 5.70. The monoisotopic (exact) mass is 223 g/mol. The minimum atomic E-state index is 0.152. The van der Waals surface area contributed by atoms with E-state index in [1.54, 1.807) is 6.07 Å². The fourth-order valence-corrected chi connectivity index (χ4v) is 1.72. The highest BCUT2D eigenvalue weighted by atomic mass is 16.3. The summed E-state index contributed by atoms with van der Waals surface area (Å²) < 4.78 is 0. The molecule has 0 radical (unpaired) electrons. The number of aliphatic hydroxyl groups excluding tert-OH is 1. The van der Waals surface area contributed by atoms with Gasteiger partial charge in [0.25, 0.3) is 0 Å². The molecule has 0 spiro atoms. The smallest absolute Gasteiger partial charge is 0.120 e. The van der Waals surface area contributed by atoms with Crippen molar-refractivity contribution in [3.8, 4) is 5.75 Å². The SMILES string of the molecule is CCN(CCO)Cc1cc(C)c(C)cc1O. The summed E-state index contributed by atoms with van der Waals surface area (Å²) >= 11 is 0. The molecule has 1 aromatic carbocycles. The van der Waals surface area contributed by atoms with E-state index in [0.29, 0.717) is 18.8 Å². The van der Waals surface area contributed by atoms with Crippen molar-refractivity contribution in [1.82, 2.24) is 4.90 Å². The van der Waals surface area contributed by atoms with Gasteiger partial charge in [0.2, 0.25) is 0 Å². The summed E-state index contributed by atoms with van der Waals surface area (Å²) in [7, 11) is 0. The number of benzene rings is 1. The Labute approximate surface area is 97.3 Å². The molecule has 0 saturated carbocycles. The van der Waals surface area contributed by atoms with E-state index in [0.717, 1.165) is 17.7 Å². The van der Waals surface area contributed by atoms with Gasteiger partial charge in [-0.1, -0.05) is 13.0 Å². The van der Waals surface area contributed by atoms with E-state index in [4.69, 9.17) is 5.11 Å². The molecule has 0 bridgehead atoms. The molecule has 1 aromatic rings. The van der Waals surface area contributed by atoms with Gasteiger partial charge in [0.05, 0.1) is 6.61 Å². The molecule has 2 N–H and O–H groups in total. The van der Waals surface area contributed by atoms with Crippen LogP contribution in [0.5, 0.6) is 5.75 Å². The zero-order valence-electron chi connectivity index (χ0n) is 10.3. The minimum absolute atomic E-state index is 0.152. The molecule has 16 heavy (non-hydrogen) atoms. The Kier molecular flexibility index (Phi) is 4.77. The van der Waals surface area contributed by atoms with Crippen molar-refractivity contribution in [2.75, 3.05) is 19.7 Å². The highest BCUT2D eigenvalue weighted by Gasteiger charge is 2.08. The van der Waals surface area contributed by atoms with Crippen LogP contribution in [0.1, 0.15) is 23.6 Å². The summed E-state index contributed by atoms with van der Waals surface area (Å²) in [5.41, 5.74) is 3.22. The van der Waals surface area contributed by atoms with Crippen LogP contribution in [0.15, 0.2) is 12.1 Å². The largest absolute Gasteiger partial charge is 0.508 e. The lowest BCUT2D eigenvalue weighted by Gasteiger charge is -2.20. The number of nitrogens with zero attached hydrogens (tertiary/aromatic N) is 1. The quantitative estimate of drug-likeness (QED) is 0.800. The van der Waals surface area contributed by atoms with Gasteiger partial charge in [-0.2, -0.15) is 0 Å². The second kappa shape index (κ2) is 5.87. The molecule has 90 valence electrons. The Hall–Kier alpha value is -1.06. The molecular formula is C13H21NO2. The van der Waals surface area contributed by atoms with Crippen LogP contribution in [0.2, 0.25) is 0 Å². The van der Waals surface area contributed by atoms with Crippen LogP contribution in [-0.2, 0) is 6.54 Å². The summed E-state index contributed by atoms with van der Waals surface area (Å²) in [6.07, 6.45) is 0. The first-order valence-corrected chi connectivity index (χ1v) is 5.70. The molecule has 1 rings (SSSR count). The predicted octanol–water partition coefficient (Wildman–Crippen LogP) is 1.82. The average Bonchev–Trinajstić information content (AvgIpc) is 2.25. The molecule has 0 aliphatic carbocycles. The Bertz CT molecular complexity index is 350. The normalized spacial score (nSPS) is 11.1. The second-order valence-corrected chi connectivity index (χ2v) is 4.16. The molecule has 0 aromatic heterocycles. The summed E-state index contributed by atoms with van der Waals surface area (Å²) in [6, 6.07) is 3.82. The third kappa shape index (κ3) is 3.22. The van der Waals surface area contributed by atoms with Gasteiger partial charge in [-0.05, 0) is 37.6 Å². The number of hydrogen-bond donors (Lipinski definition) is 2. The first kappa shape index (κ1) is 13.0. The van der Waals surface area contributed by atoms with Crippen molar-refractivity contribution in [3.63, 3.8) is 0 Å². The zero-order valence-corrected chi connectivity index (χ0v) is 10.3. The highest BCUT2D eigenvalue weighted by Crippen LogP contribution is 2.23. The molecule has 0 atom stereocenters. The molecular weight excluding hydrogens is 202 g/mol. The minimum Gasteiger partial charge on any atom is -0.508 e. The predicted molar refractivity (Wildman–Crippen MR) is 65.6 cm³/mol. The number of aromatic hydroxyl groups is 1. The van der Waals surface area contributed by atoms with Crippen molar-refractivity contribution in [3.05, 3.63) is 28.8 Å². The number of likely N-dealkylation sites (N-methyl/N-ethyl adjacent to an activating group) is 1. The third-order valence-electron chi connectivity index (χ3n) is 2.95. The van der Waals surface area contributed by atoms with Crippen molar-refractivity contribution in [2.45, 2.75) is 27.3 Å². The Balaban J connectivity index is 2.83. The van der Waals surface area contributed by atoms with Crippen LogP contribution in [0, 0.1) is 13.8 Å².